The first-order chi connectivity index (χ1) is 5.68. The van der Waals surface area contributed by atoms with E-state index in [1.165, 1.54) is 0 Å². The molecular weight excluding hydrogens is 164 g/mol. The van der Waals surface area contributed by atoms with Crippen LogP contribution in [0.5, 0.6) is 5.75 Å². The van der Waals surface area contributed by atoms with Crippen LogP contribution in [0, 0.1) is 11.6 Å². The van der Waals surface area contributed by atoms with Crippen molar-refractivity contribution in [3.63, 3.8) is 0 Å². The molecule has 2 rings (SSSR count). The first-order valence-corrected chi connectivity index (χ1v) is 3.56. The minimum atomic E-state index is -0.639. The van der Waals surface area contributed by atoms with E-state index >= 15 is 0 Å². The zero-order valence-corrected chi connectivity index (χ0v) is 6.18. The van der Waals surface area contributed by atoms with Crippen LogP contribution < -0.4 is 10.5 Å². The van der Waals surface area contributed by atoms with Crippen LogP contribution in [0.4, 0.5) is 8.78 Å². The van der Waals surface area contributed by atoms with Gasteiger partial charge in [0, 0.05) is 12.1 Å². The molecule has 0 radical (unpaired) electrons. The van der Waals surface area contributed by atoms with Crippen molar-refractivity contribution < 1.29 is 13.5 Å². The fraction of sp³-hybridized carbons (Fsp3) is 0.250. The molecule has 1 aliphatic rings. The van der Waals surface area contributed by atoms with Crippen LogP contribution in [0.25, 0.3) is 0 Å². The minimum absolute atomic E-state index is 0.218. The lowest BCUT2D eigenvalue weighted by Gasteiger charge is -2.01. The average molecular weight is 171 g/mol. The summed E-state index contributed by atoms with van der Waals surface area (Å²) < 4.78 is 30.6. The van der Waals surface area contributed by atoms with Gasteiger partial charge in [0.2, 0.25) is 0 Å². The zero-order valence-electron chi connectivity index (χ0n) is 6.18. The Balaban J connectivity index is 2.60. The van der Waals surface area contributed by atoms with Gasteiger partial charge in [-0.3, -0.25) is 0 Å². The molecule has 0 aromatic heterocycles. The first kappa shape index (κ1) is 7.49. The number of ether oxygens (including phenoxy) is 1. The molecular formula is C8H7F2NO. The van der Waals surface area contributed by atoms with E-state index in [0.29, 0.717) is 0 Å². The lowest BCUT2D eigenvalue weighted by Crippen LogP contribution is -2.12. The summed E-state index contributed by atoms with van der Waals surface area (Å²) in [6.07, 6.45) is 0. The van der Waals surface area contributed by atoms with Crippen LogP contribution in [-0.2, 0) is 0 Å². The molecule has 1 heterocycles. The molecule has 12 heavy (non-hydrogen) atoms. The molecule has 0 spiro atoms. The normalized spacial score (nSPS) is 20.4. The molecule has 1 aliphatic heterocycles. The molecule has 1 aromatic carbocycles. The second kappa shape index (κ2) is 2.42. The number of rotatable bonds is 0. The summed E-state index contributed by atoms with van der Waals surface area (Å²) in [6, 6.07) is 1.49. The maximum absolute atomic E-state index is 13.0. The summed E-state index contributed by atoms with van der Waals surface area (Å²) in [7, 11) is 0. The smallest absolute Gasteiger partial charge is 0.134 e. The van der Waals surface area contributed by atoms with E-state index in [4.69, 9.17) is 10.5 Å². The van der Waals surface area contributed by atoms with Crippen LogP contribution in [0.3, 0.4) is 0 Å². The molecule has 0 saturated heterocycles. The molecule has 1 aromatic rings. The van der Waals surface area contributed by atoms with Crippen molar-refractivity contribution >= 4 is 0 Å². The Kier molecular flexibility index (Phi) is 1.51. The van der Waals surface area contributed by atoms with Crippen molar-refractivity contribution in [2.75, 3.05) is 6.61 Å². The number of halogens is 2. The zero-order chi connectivity index (χ0) is 8.72. The summed E-state index contributed by atoms with van der Waals surface area (Å²) in [5.41, 5.74) is 5.78. The number of benzene rings is 1. The summed E-state index contributed by atoms with van der Waals surface area (Å²) in [5.74, 6) is -1.05. The first-order valence-electron chi connectivity index (χ1n) is 3.56. The molecule has 0 fully saturated rings. The molecule has 64 valence electrons. The highest BCUT2D eigenvalue weighted by atomic mass is 19.1. The van der Waals surface area contributed by atoms with Gasteiger partial charge in [0.25, 0.3) is 0 Å². The van der Waals surface area contributed by atoms with Gasteiger partial charge in [-0.05, 0) is 0 Å². The van der Waals surface area contributed by atoms with Gasteiger partial charge in [-0.1, -0.05) is 0 Å². The third-order valence-corrected chi connectivity index (χ3v) is 1.85. The molecule has 4 heteroatoms. The minimum Gasteiger partial charge on any atom is -0.491 e. The number of hydrogen-bond donors (Lipinski definition) is 1. The van der Waals surface area contributed by atoms with E-state index in [0.717, 1.165) is 12.1 Å². The Labute approximate surface area is 67.9 Å². The maximum atomic E-state index is 13.0. The van der Waals surface area contributed by atoms with E-state index in [1.807, 2.05) is 0 Å². The second-order valence-corrected chi connectivity index (χ2v) is 2.72. The monoisotopic (exact) mass is 171 g/mol. The van der Waals surface area contributed by atoms with Gasteiger partial charge in [0.15, 0.2) is 0 Å². The molecule has 0 aliphatic carbocycles. The van der Waals surface area contributed by atoms with Gasteiger partial charge in [-0.2, -0.15) is 0 Å². The van der Waals surface area contributed by atoms with Crippen LogP contribution >= 0.6 is 0 Å². The van der Waals surface area contributed by atoms with Crippen molar-refractivity contribution in [3.8, 4) is 5.75 Å². The van der Waals surface area contributed by atoms with Crippen LogP contribution in [-0.4, -0.2) is 6.61 Å². The number of hydrogen-bond acceptors (Lipinski definition) is 2. The van der Waals surface area contributed by atoms with Gasteiger partial charge in [-0.15, -0.1) is 0 Å². The van der Waals surface area contributed by atoms with Crippen molar-refractivity contribution in [1.82, 2.24) is 0 Å². The molecule has 0 saturated carbocycles. The van der Waals surface area contributed by atoms with E-state index in [9.17, 15) is 8.78 Å². The number of fused-ring (bicyclic) bond motifs is 1. The van der Waals surface area contributed by atoms with Crippen LogP contribution in [0.2, 0.25) is 0 Å². The van der Waals surface area contributed by atoms with Crippen molar-refractivity contribution in [3.05, 3.63) is 29.3 Å². The summed E-state index contributed by atoms with van der Waals surface area (Å²) >= 11 is 0. The van der Waals surface area contributed by atoms with Gasteiger partial charge >= 0.3 is 0 Å². The van der Waals surface area contributed by atoms with Gasteiger partial charge in [0.1, 0.15) is 24.0 Å². The number of nitrogens with two attached hydrogens (primary N) is 1. The quantitative estimate of drug-likeness (QED) is 0.639. The fourth-order valence-electron chi connectivity index (χ4n) is 1.30. The highest BCUT2D eigenvalue weighted by Crippen LogP contribution is 2.33. The van der Waals surface area contributed by atoms with Crippen molar-refractivity contribution in [2.45, 2.75) is 6.04 Å². The van der Waals surface area contributed by atoms with Gasteiger partial charge < -0.3 is 10.5 Å². The molecule has 0 unspecified atom stereocenters. The predicted molar refractivity (Wildman–Crippen MR) is 38.8 cm³/mol. The SMILES string of the molecule is N[C@@H]1COc2cc(F)cc(F)c21. The van der Waals surface area contributed by atoms with Gasteiger partial charge in [-0.25, -0.2) is 8.78 Å². The summed E-state index contributed by atoms with van der Waals surface area (Å²) in [5, 5.41) is 0. The fourth-order valence-corrected chi connectivity index (χ4v) is 1.30. The highest BCUT2D eigenvalue weighted by Gasteiger charge is 2.25. The van der Waals surface area contributed by atoms with E-state index in [-0.39, 0.29) is 17.9 Å². The third kappa shape index (κ3) is 0.956. The van der Waals surface area contributed by atoms with Crippen molar-refractivity contribution in [2.24, 2.45) is 5.73 Å². The van der Waals surface area contributed by atoms with E-state index < -0.39 is 17.7 Å². The summed E-state index contributed by atoms with van der Waals surface area (Å²) in [4.78, 5) is 0. The summed E-state index contributed by atoms with van der Waals surface area (Å²) in [6.45, 7) is 0.218. The maximum Gasteiger partial charge on any atom is 0.134 e. The molecule has 2 nitrogen and oxygen atoms in total. The Morgan fingerprint density at radius 2 is 2.17 bits per heavy atom. The molecule has 0 bridgehead atoms. The second-order valence-electron chi connectivity index (χ2n) is 2.72. The largest absolute Gasteiger partial charge is 0.491 e. The molecule has 1 atom stereocenters. The van der Waals surface area contributed by atoms with E-state index in [1.54, 1.807) is 0 Å². The highest BCUT2D eigenvalue weighted by molar-refractivity contribution is 5.40. The molecule has 2 N–H and O–H groups in total. The standard InChI is InChI=1S/C8H7F2NO/c9-4-1-5(10)8-6(11)3-12-7(8)2-4/h1-2,6H,3,11H2/t6-/m1/s1. The average Bonchev–Trinajstić information content (AvgIpc) is 2.31. The Bertz CT molecular complexity index is 327. The van der Waals surface area contributed by atoms with Crippen LogP contribution in [0.15, 0.2) is 12.1 Å². The van der Waals surface area contributed by atoms with Crippen LogP contribution in [0.1, 0.15) is 11.6 Å². The lowest BCUT2D eigenvalue weighted by molar-refractivity contribution is 0.332. The van der Waals surface area contributed by atoms with Crippen molar-refractivity contribution in [1.29, 1.82) is 0 Å². The Morgan fingerprint density at radius 1 is 1.42 bits per heavy atom. The molecule has 0 amide bonds. The predicted octanol–water partition coefficient (Wildman–Crippen LogP) is 1.36. The van der Waals surface area contributed by atoms with E-state index in [2.05, 4.69) is 0 Å². The topological polar surface area (TPSA) is 35.2 Å². The Hall–Kier alpha value is -1.16. The third-order valence-electron chi connectivity index (χ3n) is 1.85. The lowest BCUT2D eigenvalue weighted by atomic mass is 10.1. The Morgan fingerprint density at radius 3 is 2.92 bits per heavy atom. The van der Waals surface area contributed by atoms with Gasteiger partial charge in [0.05, 0.1) is 11.6 Å².